The van der Waals surface area contributed by atoms with Gasteiger partial charge in [0.1, 0.15) is 24.7 Å². The minimum atomic E-state index is -1.20. The molecule has 1 saturated heterocycles. The number of nitrogens with zero attached hydrogens (tertiary/aromatic N) is 1. The summed E-state index contributed by atoms with van der Waals surface area (Å²) < 4.78 is 0. The summed E-state index contributed by atoms with van der Waals surface area (Å²) in [5.74, 6) is -3.43. The summed E-state index contributed by atoms with van der Waals surface area (Å²) >= 11 is 0. The predicted octanol–water partition coefficient (Wildman–Crippen LogP) is -0.606. The van der Waals surface area contributed by atoms with Crippen molar-refractivity contribution in [1.82, 2.24) is 20.9 Å². The van der Waals surface area contributed by atoms with Gasteiger partial charge in [-0.2, -0.15) is 0 Å². The molecule has 0 aromatic heterocycles. The first-order valence-corrected chi connectivity index (χ1v) is 11.7. The number of amides is 4. The number of hydrogen-bond acceptors (Lipinski definition) is 6. The van der Waals surface area contributed by atoms with Crippen LogP contribution in [0.4, 0.5) is 0 Å². The second-order valence-corrected chi connectivity index (χ2v) is 9.07. The maximum atomic E-state index is 13.3. The number of likely N-dealkylation sites (tertiary alicyclic amines) is 1. The molecule has 6 N–H and O–H groups in total. The topological polar surface area (TPSA) is 171 Å². The zero-order valence-corrected chi connectivity index (χ0v) is 20.3. The van der Waals surface area contributed by atoms with Crippen LogP contribution in [0.15, 0.2) is 30.3 Å². The highest BCUT2D eigenvalue weighted by molar-refractivity contribution is 5.95. The van der Waals surface area contributed by atoms with Gasteiger partial charge in [-0.25, -0.2) is 0 Å². The minimum absolute atomic E-state index is 0.151. The van der Waals surface area contributed by atoms with Gasteiger partial charge in [0.25, 0.3) is 0 Å². The monoisotopic (exact) mass is 489 g/mol. The Bertz CT molecular complexity index is 920. The number of hydrogen-bond donors (Lipinski definition) is 5. The number of rotatable bonds is 11. The van der Waals surface area contributed by atoms with Crippen LogP contribution in [-0.2, 0) is 30.4 Å². The molecule has 0 spiro atoms. The molecule has 0 bridgehead atoms. The molecule has 1 aromatic carbocycles. The molecule has 1 heterocycles. The first-order valence-electron chi connectivity index (χ1n) is 11.7. The molecule has 0 radical (unpaired) electrons. The molecule has 0 saturated carbocycles. The molecule has 0 unspecified atom stereocenters. The summed E-state index contributed by atoms with van der Waals surface area (Å²) in [6.45, 7) is 4.85. The van der Waals surface area contributed by atoms with Gasteiger partial charge in [-0.05, 0) is 31.2 Å². The van der Waals surface area contributed by atoms with Gasteiger partial charge in [0.05, 0.1) is 6.04 Å². The van der Waals surface area contributed by atoms with Gasteiger partial charge < -0.3 is 31.7 Å². The molecule has 4 amide bonds. The van der Waals surface area contributed by atoms with Crippen LogP contribution in [0.3, 0.4) is 0 Å². The van der Waals surface area contributed by atoms with Gasteiger partial charge in [-0.3, -0.25) is 24.0 Å². The van der Waals surface area contributed by atoms with Gasteiger partial charge in [0.15, 0.2) is 0 Å². The van der Waals surface area contributed by atoms with Crippen LogP contribution in [0, 0.1) is 5.92 Å². The zero-order valence-electron chi connectivity index (χ0n) is 20.3. The molecule has 1 aliphatic rings. The lowest BCUT2D eigenvalue weighted by molar-refractivity contribution is -0.143. The fourth-order valence-corrected chi connectivity index (χ4v) is 3.89. The van der Waals surface area contributed by atoms with Gasteiger partial charge in [0, 0.05) is 13.0 Å². The number of benzene rings is 1. The van der Waals surface area contributed by atoms with Crippen molar-refractivity contribution < 1.29 is 29.1 Å². The molecule has 11 nitrogen and oxygen atoms in total. The predicted molar refractivity (Wildman–Crippen MR) is 128 cm³/mol. The highest BCUT2D eigenvalue weighted by atomic mass is 16.4. The van der Waals surface area contributed by atoms with Gasteiger partial charge in [0.2, 0.25) is 23.6 Å². The SMILES string of the molecule is CC(C)[C@H](NC(=O)[C@H](C)N)C(=O)N1CCC[C@H]1C(=O)N[C@@H](Cc1ccccc1)C(=O)NCC(=O)O. The fraction of sp³-hybridized carbons (Fsp3) is 0.542. The summed E-state index contributed by atoms with van der Waals surface area (Å²) in [5, 5.41) is 16.6. The molecule has 0 aliphatic carbocycles. The summed E-state index contributed by atoms with van der Waals surface area (Å²) in [6, 6.07) is 5.52. The number of carbonyl (C=O) groups is 5. The van der Waals surface area contributed by atoms with Crippen LogP contribution < -0.4 is 21.7 Å². The van der Waals surface area contributed by atoms with E-state index in [1.165, 1.54) is 11.8 Å². The van der Waals surface area contributed by atoms with Crippen molar-refractivity contribution in [3.63, 3.8) is 0 Å². The Labute approximate surface area is 204 Å². The Balaban J connectivity index is 2.17. The van der Waals surface area contributed by atoms with Crippen LogP contribution in [0.25, 0.3) is 0 Å². The fourth-order valence-electron chi connectivity index (χ4n) is 3.89. The Morgan fingerprint density at radius 3 is 2.29 bits per heavy atom. The first kappa shape index (κ1) is 27.8. The van der Waals surface area contributed by atoms with Gasteiger partial charge in [-0.15, -0.1) is 0 Å². The lowest BCUT2D eigenvalue weighted by atomic mass is 10.0. The van der Waals surface area contributed by atoms with Crippen molar-refractivity contribution in [3.05, 3.63) is 35.9 Å². The zero-order chi connectivity index (χ0) is 26.1. The third kappa shape index (κ3) is 8.06. The van der Waals surface area contributed by atoms with E-state index in [-0.39, 0.29) is 18.2 Å². The Morgan fingerprint density at radius 2 is 1.71 bits per heavy atom. The average molecular weight is 490 g/mol. The van der Waals surface area contributed by atoms with Crippen LogP contribution >= 0.6 is 0 Å². The van der Waals surface area contributed by atoms with E-state index < -0.39 is 54.4 Å². The standard InChI is InChI=1S/C24H35N5O6/c1-14(2)20(28-21(32)15(3)25)24(35)29-11-7-10-18(29)23(34)27-17(22(33)26-13-19(30)31)12-16-8-5-4-6-9-16/h4-6,8-9,14-15,17-18,20H,7,10-13,25H2,1-3H3,(H,26,33)(H,27,34)(H,28,32)(H,30,31)/t15-,17-,18-,20-/m0/s1. The summed E-state index contributed by atoms with van der Waals surface area (Å²) in [5.41, 5.74) is 6.41. The number of aliphatic carboxylic acids is 1. The van der Waals surface area contributed by atoms with E-state index in [9.17, 15) is 24.0 Å². The number of carbonyl (C=O) groups excluding carboxylic acids is 4. The third-order valence-corrected chi connectivity index (χ3v) is 5.81. The van der Waals surface area contributed by atoms with E-state index >= 15 is 0 Å². The molecule has 4 atom stereocenters. The lowest BCUT2D eigenvalue weighted by Gasteiger charge is -2.31. The number of nitrogens with two attached hydrogens (primary N) is 1. The molecule has 2 rings (SSSR count). The highest BCUT2D eigenvalue weighted by Crippen LogP contribution is 2.21. The van der Waals surface area contributed by atoms with Crippen molar-refractivity contribution in [3.8, 4) is 0 Å². The molecule has 11 heteroatoms. The second-order valence-electron chi connectivity index (χ2n) is 9.07. The number of nitrogens with one attached hydrogen (secondary N) is 3. The molecule has 35 heavy (non-hydrogen) atoms. The lowest BCUT2D eigenvalue weighted by Crippen LogP contribution is -2.58. The highest BCUT2D eigenvalue weighted by Gasteiger charge is 2.39. The maximum Gasteiger partial charge on any atom is 0.322 e. The van der Waals surface area contributed by atoms with E-state index in [0.29, 0.717) is 19.4 Å². The molecule has 1 fully saturated rings. The quantitative estimate of drug-likeness (QED) is 0.276. The van der Waals surface area contributed by atoms with E-state index in [1.54, 1.807) is 38.1 Å². The molecule has 1 aliphatic heterocycles. The second kappa shape index (κ2) is 12.8. The normalized spacial score (nSPS) is 17.9. The van der Waals surface area contributed by atoms with Crippen molar-refractivity contribution >= 4 is 29.6 Å². The van der Waals surface area contributed by atoms with Crippen molar-refractivity contribution in [1.29, 1.82) is 0 Å². The van der Waals surface area contributed by atoms with E-state index in [4.69, 9.17) is 10.8 Å². The molecule has 1 aromatic rings. The van der Waals surface area contributed by atoms with Gasteiger partial charge >= 0.3 is 5.97 Å². The molecular weight excluding hydrogens is 454 g/mol. The summed E-state index contributed by atoms with van der Waals surface area (Å²) in [7, 11) is 0. The van der Waals surface area contributed by atoms with Crippen LogP contribution in [0.1, 0.15) is 39.2 Å². The van der Waals surface area contributed by atoms with Crippen LogP contribution in [0.2, 0.25) is 0 Å². The minimum Gasteiger partial charge on any atom is -0.480 e. The smallest absolute Gasteiger partial charge is 0.322 e. The van der Waals surface area contributed by atoms with Crippen LogP contribution in [0.5, 0.6) is 0 Å². The van der Waals surface area contributed by atoms with E-state index in [0.717, 1.165) is 5.56 Å². The Kier molecular flexibility index (Phi) is 10.2. The van der Waals surface area contributed by atoms with Crippen molar-refractivity contribution in [2.24, 2.45) is 11.7 Å². The average Bonchev–Trinajstić information content (AvgIpc) is 3.30. The number of carboxylic acid groups (broad SMARTS) is 1. The van der Waals surface area contributed by atoms with Gasteiger partial charge in [-0.1, -0.05) is 44.2 Å². The first-order chi connectivity index (χ1) is 16.5. The molecule has 192 valence electrons. The Hall–Kier alpha value is -3.47. The van der Waals surface area contributed by atoms with E-state index in [2.05, 4.69) is 16.0 Å². The Morgan fingerprint density at radius 1 is 1.06 bits per heavy atom. The largest absolute Gasteiger partial charge is 0.480 e. The molecular formula is C24H35N5O6. The van der Waals surface area contributed by atoms with Crippen LogP contribution in [-0.4, -0.2) is 76.9 Å². The van der Waals surface area contributed by atoms with Crippen molar-refractivity contribution in [2.45, 2.75) is 64.2 Å². The summed E-state index contributed by atoms with van der Waals surface area (Å²) in [6.07, 6.45) is 1.14. The number of carboxylic acids is 1. The summed E-state index contributed by atoms with van der Waals surface area (Å²) in [4.78, 5) is 63.6. The van der Waals surface area contributed by atoms with E-state index in [1.807, 2.05) is 6.07 Å². The van der Waals surface area contributed by atoms with Crippen molar-refractivity contribution in [2.75, 3.05) is 13.1 Å². The third-order valence-electron chi connectivity index (χ3n) is 5.81. The maximum absolute atomic E-state index is 13.3.